The molecule has 242 valence electrons. The maximum atomic E-state index is 12.9. The van der Waals surface area contributed by atoms with E-state index < -0.39 is 54.0 Å². The summed E-state index contributed by atoms with van der Waals surface area (Å²) < 4.78 is 11.0. The lowest BCUT2D eigenvalue weighted by atomic mass is 10.1. The summed E-state index contributed by atoms with van der Waals surface area (Å²) in [5, 5.41) is 26.4. The summed E-state index contributed by atoms with van der Waals surface area (Å²) in [6.45, 7) is 0.686. The Labute approximate surface area is 266 Å². The van der Waals surface area contributed by atoms with Gasteiger partial charge in [0, 0.05) is 19.4 Å². The lowest BCUT2D eigenvalue weighted by Gasteiger charge is -2.18. The number of carboxylic acid groups (broad SMARTS) is 2. The predicted octanol–water partition coefficient (Wildman–Crippen LogP) is 2.24. The molecule has 1 heterocycles. The van der Waals surface area contributed by atoms with Crippen LogP contribution in [0, 0.1) is 0 Å². The molecule has 0 aromatic heterocycles. The van der Waals surface area contributed by atoms with Gasteiger partial charge in [0.05, 0.1) is 0 Å². The number of benzene rings is 3. The lowest BCUT2D eigenvalue weighted by Crippen LogP contribution is -2.49. The Morgan fingerprint density at radius 2 is 1.33 bits per heavy atom. The summed E-state index contributed by atoms with van der Waals surface area (Å²) in [4.78, 5) is 61.4. The summed E-state index contributed by atoms with van der Waals surface area (Å²) in [5.74, 6) is -3.67. The minimum absolute atomic E-state index is 0.0155. The topological polar surface area (TPSA) is 184 Å². The monoisotopic (exact) mass is 631 g/mol. The van der Waals surface area contributed by atoms with E-state index in [2.05, 4.69) is 16.0 Å². The highest BCUT2D eigenvalue weighted by Crippen LogP contribution is 2.23. The standard InChI is InChI=1S/C34H37N3O9/c38-28(39)13-7-12-26(31(40)35-19-18-22-8-3-1-4-9-22)36-32(41)29-30(46-29)33(42)37-27(34(43)44)20-23-14-16-25(17-15-23)45-21-24-10-5-2-6-11-24/h1-6,8-11,14-17,26-27,29-30H,7,12-13,18-21H2,(H,35,40)(H,36,41)(H,37,42)(H,38,39)(H,43,44)/t26-,27-,29-,30-/m0/s1. The number of epoxide rings is 1. The molecule has 0 unspecified atom stereocenters. The van der Waals surface area contributed by atoms with E-state index in [1.807, 2.05) is 60.7 Å². The molecule has 0 spiro atoms. The minimum atomic E-state index is -1.28. The van der Waals surface area contributed by atoms with Gasteiger partial charge in [0.2, 0.25) is 5.91 Å². The van der Waals surface area contributed by atoms with Crippen LogP contribution in [0.3, 0.4) is 0 Å². The number of hydrogen-bond donors (Lipinski definition) is 5. The zero-order valence-corrected chi connectivity index (χ0v) is 25.1. The highest BCUT2D eigenvalue weighted by atomic mass is 16.6. The minimum Gasteiger partial charge on any atom is -0.489 e. The molecule has 0 bridgehead atoms. The zero-order chi connectivity index (χ0) is 32.9. The Morgan fingerprint density at radius 3 is 1.91 bits per heavy atom. The molecule has 46 heavy (non-hydrogen) atoms. The Hall–Kier alpha value is -5.23. The van der Waals surface area contributed by atoms with Crippen LogP contribution in [-0.2, 0) is 48.2 Å². The quantitative estimate of drug-likeness (QED) is 0.131. The number of carbonyl (C=O) groups is 5. The van der Waals surface area contributed by atoms with Crippen molar-refractivity contribution in [2.45, 2.75) is 63.0 Å². The first-order valence-electron chi connectivity index (χ1n) is 15.0. The second-order valence-corrected chi connectivity index (χ2v) is 10.9. The van der Waals surface area contributed by atoms with Crippen molar-refractivity contribution >= 4 is 29.7 Å². The van der Waals surface area contributed by atoms with E-state index in [4.69, 9.17) is 14.6 Å². The van der Waals surface area contributed by atoms with E-state index in [1.165, 1.54) is 0 Å². The van der Waals surface area contributed by atoms with Crippen molar-refractivity contribution in [2.75, 3.05) is 6.54 Å². The number of hydrogen-bond acceptors (Lipinski definition) is 7. The first kappa shape index (κ1) is 33.7. The van der Waals surface area contributed by atoms with E-state index in [9.17, 15) is 29.1 Å². The number of aliphatic carboxylic acids is 2. The van der Waals surface area contributed by atoms with Crippen LogP contribution in [0.4, 0.5) is 0 Å². The third-order valence-electron chi connectivity index (χ3n) is 7.31. The average Bonchev–Trinajstić information content (AvgIpc) is 3.86. The Balaban J connectivity index is 1.26. The number of ether oxygens (including phenoxy) is 2. The molecule has 12 nitrogen and oxygen atoms in total. The van der Waals surface area contributed by atoms with Crippen LogP contribution in [0.2, 0.25) is 0 Å². The summed E-state index contributed by atoms with van der Waals surface area (Å²) in [6.07, 6.45) is -1.87. The molecule has 1 saturated heterocycles. The molecule has 4 rings (SSSR count). The smallest absolute Gasteiger partial charge is 0.326 e. The zero-order valence-electron chi connectivity index (χ0n) is 25.1. The molecule has 3 aromatic rings. The van der Waals surface area contributed by atoms with Crippen LogP contribution in [0.5, 0.6) is 5.75 Å². The fraction of sp³-hybridized carbons (Fsp3) is 0.324. The molecule has 0 aliphatic carbocycles. The number of amides is 3. The molecule has 3 amide bonds. The molecule has 5 N–H and O–H groups in total. The van der Waals surface area contributed by atoms with Gasteiger partial charge in [-0.15, -0.1) is 0 Å². The summed E-state index contributed by atoms with van der Waals surface area (Å²) in [5.41, 5.74) is 2.66. The first-order valence-corrected chi connectivity index (χ1v) is 15.0. The number of carboxylic acids is 2. The van der Waals surface area contributed by atoms with Gasteiger partial charge >= 0.3 is 11.9 Å². The van der Waals surface area contributed by atoms with E-state index in [1.54, 1.807) is 24.3 Å². The fourth-order valence-electron chi connectivity index (χ4n) is 4.74. The second-order valence-electron chi connectivity index (χ2n) is 10.9. The van der Waals surface area contributed by atoms with Crippen LogP contribution >= 0.6 is 0 Å². The highest BCUT2D eigenvalue weighted by molar-refractivity contribution is 5.98. The maximum absolute atomic E-state index is 12.9. The predicted molar refractivity (Wildman–Crippen MR) is 166 cm³/mol. The van der Waals surface area contributed by atoms with Gasteiger partial charge in [-0.3, -0.25) is 19.2 Å². The lowest BCUT2D eigenvalue weighted by molar-refractivity contribution is -0.142. The van der Waals surface area contributed by atoms with Crippen molar-refractivity contribution in [1.82, 2.24) is 16.0 Å². The van der Waals surface area contributed by atoms with Gasteiger partial charge in [-0.25, -0.2) is 4.79 Å². The molecule has 0 radical (unpaired) electrons. The van der Waals surface area contributed by atoms with Gasteiger partial charge in [-0.2, -0.15) is 0 Å². The van der Waals surface area contributed by atoms with E-state index >= 15 is 0 Å². The third kappa shape index (κ3) is 10.7. The van der Waals surface area contributed by atoms with Crippen molar-refractivity contribution in [3.63, 3.8) is 0 Å². The van der Waals surface area contributed by atoms with Gasteiger partial charge < -0.3 is 35.6 Å². The van der Waals surface area contributed by atoms with Crippen LogP contribution < -0.4 is 20.7 Å². The Bertz CT molecular complexity index is 1480. The molecular formula is C34H37N3O9. The van der Waals surface area contributed by atoms with Gasteiger partial charge in [-0.05, 0) is 48.1 Å². The molecular weight excluding hydrogens is 594 g/mol. The molecule has 3 aromatic carbocycles. The SMILES string of the molecule is O=C(O)CCC[C@H](NC(=O)[C@H]1O[C@@H]1C(=O)N[C@@H](Cc1ccc(OCc2ccccc2)cc1)C(=O)O)C(=O)NCCc1ccccc1. The third-order valence-corrected chi connectivity index (χ3v) is 7.31. The van der Waals surface area contributed by atoms with Gasteiger partial charge in [0.15, 0.2) is 12.2 Å². The highest BCUT2D eigenvalue weighted by Gasteiger charge is 2.51. The van der Waals surface area contributed by atoms with Gasteiger partial charge in [0.1, 0.15) is 24.4 Å². The maximum Gasteiger partial charge on any atom is 0.326 e. The summed E-state index contributed by atoms with van der Waals surface area (Å²) in [6, 6.07) is 23.6. The van der Waals surface area contributed by atoms with Crippen LogP contribution in [0.25, 0.3) is 0 Å². The van der Waals surface area contributed by atoms with Gasteiger partial charge in [-0.1, -0.05) is 72.8 Å². The van der Waals surface area contributed by atoms with Crippen molar-refractivity contribution in [1.29, 1.82) is 0 Å². The second kappa shape index (κ2) is 16.7. The molecule has 0 saturated carbocycles. The summed E-state index contributed by atoms with van der Waals surface area (Å²) >= 11 is 0. The normalized spacial score (nSPS) is 16.3. The molecule has 1 aliphatic heterocycles. The van der Waals surface area contributed by atoms with E-state index in [0.29, 0.717) is 30.9 Å². The van der Waals surface area contributed by atoms with Crippen molar-refractivity contribution in [3.8, 4) is 5.75 Å². The Morgan fingerprint density at radius 1 is 0.739 bits per heavy atom. The molecule has 12 heteroatoms. The molecule has 4 atom stereocenters. The van der Waals surface area contributed by atoms with Crippen LogP contribution in [0.15, 0.2) is 84.9 Å². The van der Waals surface area contributed by atoms with Crippen LogP contribution in [0.1, 0.15) is 36.0 Å². The van der Waals surface area contributed by atoms with Crippen LogP contribution in [-0.4, -0.2) is 70.7 Å². The number of carbonyl (C=O) groups excluding carboxylic acids is 3. The largest absolute Gasteiger partial charge is 0.489 e. The Kier molecular flexibility index (Phi) is 12.2. The number of nitrogens with one attached hydrogen (secondary N) is 3. The molecule has 1 aliphatic rings. The average molecular weight is 632 g/mol. The van der Waals surface area contributed by atoms with Gasteiger partial charge in [0.25, 0.3) is 11.8 Å². The van der Waals surface area contributed by atoms with Crippen molar-refractivity contribution in [3.05, 3.63) is 102 Å². The number of rotatable bonds is 18. The molecule has 1 fully saturated rings. The van der Waals surface area contributed by atoms with Crippen molar-refractivity contribution < 1.29 is 43.7 Å². The first-order chi connectivity index (χ1) is 22.2. The summed E-state index contributed by atoms with van der Waals surface area (Å²) in [7, 11) is 0. The van der Waals surface area contributed by atoms with E-state index in [0.717, 1.165) is 11.1 Å². The fourth-order valence-corrected chi connectivity index (χ4v) is 4.74. The van der Waals surface area contributed by atoms with Crippen molar-refractivity contribution in [2.24, 2.45) is 0 Å². The van der Waals surface area contributed by atoms with E-state index in [-0.39, 0.29) is 25.7 Å².